The van der Waals surface area contributed by atoms with Crippen LogP contribution in [0.4, 0.5) is 0 Å². The van der Waals surface area contributed by atoms with E-state index in [0.29, 0.717) is 12.8 Å². The smallest absolute Gasteiger partial charge is 0.108 e. The second-order valence-corrected chi connectivity index (χ2v) is 2.70. The molecule has 1 aromatic heterocycles. The molecule has 2 N–H and O–H groups in total. The summed E-state index contributed by atoms with van der Waals surface area (Å²) >= 11 is 0. The molecule has 0 aliphatic heterocycles. The van der Waals surface area contributed by atoms with E-state index in [1.54, 1.807) is 6.20 Å². The summed E-state index contributed by atoms with van der Waals surface area (Å²) in [6, 6.07) is 1.81. The second kappa shape index (κ2) is 3.05. The molecule has 0 aromatic carbocycles. The molecule has 0 radical (unpaired) electrons. The third-order valence-corrected chi connectivity index (χ3v) is 2.15. The SMILES string of the molecule is CCC(O)(CC)c1cc[nH]n1. The Morgan fingerprint density at radius 2 is 2.18 bits per heavy atom. The zero-order valence-corrected chi connectivity index (χ0v) is 6.96. The number of aromatic amines is 1. The average Bonchev–Trinajstić information content (AvgIpc) is 2.55. The Kier molecular flexibility index (Phi) is 2.29. The molecule has 0 aliphatic carbocycles. The minimum absolute atomic E-state index is 0.703. The molecule has 0 fully saturated rings. The first-order chi connectivity index (χ1) is 5.23. The molecule has 0 saturated carbocycles. The predicted molar refractivity (Wildman–Crippen MR) is 43.1 cm³/mol. The number of rotatable bonds is 3. The first kappa shape index (κ1) is 8.27. The molecule has 11 heavy (non-hydrogen) atoms. The monoisotopic (exact) mass is 154 g/mol. The molecule has 0 spiro atoms. The second-order valence-electron chi connectivity index (χ2n) is 2.70. The van der Waals surface area contributed by atoms with Gasteiger partial charge in [0.15, 0.2) is 0 Å². The molecule has 1 heterocycles. The van der Waals surface area contributed by atoms with Crippen LogP contribution in [0.2, 0.25) is 0 Å². The molecular formula is C8H14N2O. The van der Waals surface area contributed by atoms with Crippen LogP contribution < -0.4 is 0 Å². The van der Waals surface area contributed by atoms with E-state index < -0.39 is 5.60 Å². The molecule has 3 nitrogen and oxygen atoms in total. The summed E-state index contributed by atoms with van der Waals surface area (Å²) in [5.74, 6) is 0. The third kappa shape index (κ3) is 1.43. The maximum atomic E-state index is 9.91. The van der Waals surface area contributed by atoms with Gasteiger partial charge in [-0.15, -0.1) is 0 Å². The van der Waals surface area contributed by atoms with Gasteiger partial charge in [0, 0.05) is 6.20 Å². The summed E-state index contributed by atoms with van der Waals surface area (Å²) < 4.78 is 0. The van der Waals surface area contributed by atoms with Gasteiger partial charge < -0.3 is 5.11 Å². The Hall–Kier alpha value is -0.830. The molecule has 1 aromatic rings. The molecular weight excluding hydrogens is 140 g/mol. The lowest BCUT2D eigenvalue weighted by atomic mass is 9.94. The van der Waals surface area contributed by atoms with E-state index in [4.69, 9.17) is 0 Å². The number of aliphatic hydroxyl groups is 1. The summed E-state index contributed by atoms with van der Waals surface area (Å²) in [6.45, 7) is 3.91. The van der Waals surface area contributed by atoms with Crippen molar-refractivity contribution in [1.29, 1.82) is 0 Å². The Morgan fingerprint density at radius 3 is 2.55 bits per heavy atom. The van der Waals surface area contributed by atoms with E-state index >= 15 is 0 Å². The summed E-state index contributed by atoms with van der Waals surface area (Å²) in [5.41, 5.74) is 0.00231. The number of aromatic nitrogens is 2. The minimum Gasteiger partial charge on any atom is -0.384 e. The van der Waals surface area contributed by atoms with Crippen molar-refractivity contribution >= 4 is 0 Å². The molecule has 0 bridgehead atoms. The Labute approximate surface area is 66.4 Å². The van der Waals surface area contributed by atoms with Crippen molar-refractivity contribution in [2.24, 2.45) is 0 Å². The number of hydrogen-bond acceptors (Lipinski definition) is 2. The summed E-state index contributed by atoms with van der Waals surface area (Å²) in [7, 11) is 0. The number of H-pyrrole nitrogens is 1. The molecule has 0 unspecified atom stereocenters. The van der Waals surface area contributed by atoms with Crippen LogP contribution in [-0.4, -0.2) is 15.3 Å². The minimum atomic E-state index is -0.736. The van der Waals surface area contributed by atoms with E-state index in [2.05, 4.69) is 10.2 Å². The summed E-state index contributed by atoms with van der Waals surface area (Å²) in [5, 5.41) is 16.6. The van der Waals surface area contributed by atoms with Crippen molar-refractivity contribution in [2.75, 3.05) is 0 Å². The van der Waals surface area contributed by atoms with Gasteiger partial charge in [0.05, 0.1) is 5.69 Å². The van der Waals surface area contributed by atoms with E-state index in [1.165, 1.54) is 0 Å². The normalized spacial score (nSPS) is 11.9. The van der Waals surface area contributed by atoms with Gasteiger partial charge in [-0.3, -0.25) is 5.10 Å². The number of hydrogen-bond donors (Lipinski definition) is 2. The van der Waals surface area contributed by atoms with Crippen molar-refractivity contribution in [1.82, 2.24) is 10.2 Å². The first-order valence-corrected chi connectivity index (χ1v) is 3.95. The lowest BCUT2D eigenvalue weighted by molar-refractivity contribution is 0.0240. The van der Waals surface area contributed by atoms with Gasteiger partial charge in [-0.25, -0.2) is 0 Å². The molecule has 62 valence electrons. The average molecular weight is 154 g/mol. The highest BCUT2D eigenvalue weighted by atomic mass is 16.3. The Bertz CT molecular complexity index is 202. The fraction of sp³-hybridized carbons (Fsp3) is 0.625. The number of nitrogens with one attached hydrogen (secondary N) is 1. The van der Waals surface area contributed by atoms with Crippen LogP contribution in [-0.2, 0) is 5.60 Å². The van der Waals surface area contributed by atoms with Gasteiger partial charge in [0.2, 0.25) is 0 Å². The van der Waals surface area contributed by atoms with Crippen LogP contribution in [0.15, 0.2) is 12.3 Å². The predicted octanol–water partition coefficient (Wildman–Crippen LogP) is 1.42. The van der Waals surface area contributed by atoms with Crippen LogP contribution in [0.3, 0.4) is 0 Å². The quantitative estimate of drug-likeness (QED) is 0.691. The summed E-state index contributed by atoms with van der Waals surface area (Å²) in [6.07, 6.45) is 3.13. The first-order valence-electron chi connectivity index (χ1n) is 3.95. The molecule has 0 amide bonds. The van der Waals surface area contributed by atoms with Gasteiger partial charge in [-0.05, 0) is 18.9 Å². The van der Waals surface area contributed by atoms with E-state index in [9.17, 15) is 5.11 Å². The van der Waals surface area contributed by atoms with E-state index in [1.807, 2.05) is 19.9 Å². The van der Waals surface area contributed by atoms with Crippen LogP contribution >= 0.6 is 0 Å². The molecule has 1 rings (SSSR count). The van der Waals surface area contributed by atoms with Crippen molar-refractivity contribution in [3.8, 4) is 0 Å². The standard InChI is InChI=1S/C8H14N2O/c1-3-8(11,4-2)7-5-6-9-10-7/h5-6,11H,3-4H2,1-2H3,(H,9,10). The molecule has 3 heteroatoms. The topological polar surface area (TPSA) is 48.9 Å². The lowest BCUT2D eigenvalue weighted by Crippen LogP contribution is -2.23. The van der Waals surface area contributed by atoms with Crippen molar-refractivity contribution in [3.05, 3.63) is 18.0 Å². The highest BCUT2D eigenvalue weighted by Crippen LogP contribution is 2.25. The maximum absolute atomic E-state index is 9.91. The van der Waals surface area contributed by atoms with E-state index in [0.717, 1.165) is 5.69 Å². The Morgan fingerprint density at radius 1 is 1.55 bits per heavy atom. The zero-order chi connectivity index (χ0) is 8.32. The largest absolute Gasteiger partial charge is 0.384 e. The highest BCUT2D eigenvalue weighted by Gasteiger charge is 2.26. The van der Waals surface area contributed by atoms with Gasteiger partial charge in [-0.2, -0.15) is 5.10 Å². The van der Waals surface area contributed by atoms with Crippen LogP contribution in [0.5, 0.6) is 0 Å². The fourth-order valence-corrected chi connectivity index (χ4v) is 1.13. The van der Waals surface area contributed by atoms with Gasteiger partial charge >= 0.3 is 0 Å². The van der Waals surface area contributed by atoms with Crippen molar-refractivity contribution in [2.45, 2.75) is 32.3 Å². The zero-order valence-electron chi connectivity index (χ0n) is 6.96. The lowest BCUT2D eigenvalue weighted by Gasteiger charge is -2.22. The fourth-order valence-electron chi connectivity index (χ4n) is 1.13. The van der Waals surface area contributed by atoms with Crippen LogP contribution in [0, 0.1) is 0 Å². The highest BCUT2D eigenvalue weighted by molar-refractivity contribution is 5.08. The third-order valence-electron chi connectivity index (χ3n) is 2.15. The number of nitrogens with zero attached hydrogens (tertiary/aromatic N) is 1. The molecule has 0 atom stereocenters. The summed E-state index contributed by atoms with van der Waals surface area (Å²) in [4.78, 5) is 0. The maximum Gasteiger partial charge on any atom is 0.108 e. The molecule has 0 aliphatic rings. The molecule has 0 saturated heterocycles. The van der Waals surface area contributed by atoms with Crippen molar-refractivity contribution < 1.29 is 5.11 Å². The van der Waals surface area contributed by atoms with E-state index in [-0.39, 0.29) is 0 Å². The van der Waals surface area contributed by atoms with Gasteiger partial charge in [0.25, 0.3) is 0 Å². The van der Waals surface area contributed by atoms with Gasteiger partial charge in [-0.1, -0.05) is 13.8 Å². The van der Waals surface area contributed by atoms with Crippen LogP contribution in [0.1, 0.15) is 32.4 Å². The Balaban J connectivity index is 2.87. The van der Waals surface area contributed by atoms with Crippen molar-refractivity contribution in [3.63, 3.8) is 0 Å². The van der Waals surface area contributed by atoms with Crippen LogP contribution in [0.25, 0.3) is 0 Å². The van der Waals surface area contributed by atoms with Gasteiger partial charge in [0.1, 0.15) is 5.60 Å².